The summed E-state index contributed by atoms with van der Waals surface area (Å²) in [7, 11) is 0. The molecule has 31 heavy (non-hydrogen) atoms. The van der Waals surface area contributed by atoms with Crippen LogP contribution < -0.4 is 5.32 Å². The number of nitrogens with zero attached hydrogens (tertiary/aromatic N) is 3. The topological polar surface area (TPSA) is 67.8 Å². The van der Waals surface area contributed by atoms with Crippen molar-refractivity contribution in [3.63, 3.8) is 0 Å². The number of carbonyl (C=O) groups is 1. The molecule has 4 aromatic rings. The molecular weight excluding hydrogens is 404 g/mol. The average molecular weight is 429 g/mol. The number of rotatable bonds is 7. The predicted octanol–water partition coefficient (Wildman–Crippen LogP) is 5.07. The van der Waals surface area contributed by atoms with E-state index >= 15 is 0 Å². The normalized spacial score (nSPS) is 11.8. The number of aromatic nitrogens is 3. The standard InChI is InChI=1S/C25H24N4OS/c1-17(14-21-6-5-13-31-21)25(30)28-15-19-8-10-20(11-9-19)24-22(16-27-18(2)29-24)23-7-3-4-12-26-23/h3-13,16-17H,14-15H2,1-2H3,(H,28,30)/t17-/m1/s1. The van der Waals surface area contributed by atoms with E-state index in [4.69, 9.17) is 0 Å². The summed E-state index contributed by atoms with van der Waals surface area (Å²) in [5, 5.41) is 5.09. The smallest absolute Gasteiger partial charge is 0.223 e. The lowest BCUT2D eigenvalue weighted by molar-refractivity contribution is -0.124. The van der Waals surface area contributed by atoms with Crippen LogP contribution in [0.1, 0.15) is 23.2 Å². The Bertz CT molecular complexity index is 1140. The van der Waals surface area contributed by atoms with Gasteiger partial charge in [0.15, 0.2) is 0 Å². The van der Waals surface area contributed by atoms with E-state index in [0.29, 0.717) is 12.4 Å². The molecule has 1 atom stereocenters. The minimum absolute atomic E-state index is 0.0529. The minimum Gasteiger partial charge on any atom is -0.352 e. The van der Waals surface area contributed by atoms with Gasteiger partial charge in [0, 0.05) is 40.9 Å². The molecule has 0 saturated carbocycles. The highest BCUT2D eigenvalue weighted by Crippen LogP contribution is 2.29. The summed E-state index contributed by atoms with van der Waals surface area (Å²) in [5.41, 5.74) is 4.63. The van der Waals surface area contributed by atoms with Crippen LogP contribution in [0.3, 0.4) is 0 Å². The SMILES string of the molecule is Cc1ncc(-c2ccccn2)c(-c2ccc(CNC(=O)[C@H](C)Cc3cccs3)cc2)n1. The van der Waals surface area contributed by atoms with Gasteiger partial charge >= 0.3 is 0 Å². The number of amides is 1. The van der Waals surface area contributed by atoms with Crippen LogP contribution in [0.4, 0.5) is 0 Å². The zero-order chi connectivity index (χ0) is 21.6. The van der Waals surface area contributed by atoms with Gasteiger partial charge in [0.2, 0.25) is 5.91 Å². The third kappa shape index (κ3) is 5.22. The summed E-state index contributed by atoms with van der Waals surface area (Å²) in [6.45, 7) is 4.35. The molecule has 3 aromatic heterocycles. The van der Waals surface area contributed by atoms with E-state index in [9.17, 15) is 4.79 Å². The Morgan fingerprint density at radius 1 is 1.06 bits per heavy atom. The van der Waals surface area contributed by atoms with Crippen molar-refractivity contribution in [1.29, 1.82) is 0 Å². The van der Waals surface area contributed by atoms with Gasteiger partial charge in [-0.05, 0) is 42.5 Å². The molecule has 0 unspecified atom stereocenters. The molecule has 6 heteroatoms. The first-order valence-electron chi connectivity index (χ1n) is 10.2. The molecule has 0 aliphatic carbocycles. The third-order valence-corrected chi connectivity index (χ3v) is 5.98. The van der Waals surface area contributed by atoms with Gasteiger partial charge in [0.25, 0.3) is 0 Å². The average Bonchev–Trinajstić information content (AvgIpc) is 3.31. The number of hydrogen-bond donors (Lipinski definition) is 1. The lowest BCUT2D eigenvalue weighted by atomic mass is 10.0. The summed E-state index contributed by atoms with van der Waals surface area (Å²) < 4.78 is 0. The largest absolute Gasteiger partial charge is 0.352 e. The Labute approximate surface area is 186 Å². The fourth-order valence-electron chi connectivity index (χ4n) is 3.37. The summed E-state index contributed by atoms with van der Waals surface area (Å²) in [6.07, 6.45) is 4.36. The molecule has 1 aromatic carbocycles. The second-order valence-electron chi connectivity index (χ2n) is 7.49. The molecule has 0 spiro atoms. The zero-order valence-corrected chi connectivity index (χ0v) is 18.4. The molecule has 5 nitrogen and oxygen atoms in total. The molecule has 1 amide bonds. The van der Waals surface area contributed by atoms with Gasteiger partial charge < -0.3 is 5.32 Å². The Morgan fingerprint density at radius 3 is 2.61 bits per heavy atom. The lowest BCUT2D eigenvalue weighted by Crippen LogP contribution is -2.29. The molecule has 3 heterocycles. The summed E-state index contributed by atoms with van der Waals surface area (Å²) in [6, 6.07) is 18.0. The van der Waals surface area contributed by atoms with Crippen LogP contribution in [0.25, 0.3) is 22.5 Å². The van der Waals surface area contributed by atoms with E-state index in [2.05, 4.69) is 26.3 Å². The first-order chi connectivity index (χ1) is 15.1. The quantitative estimate of drug-likeness (QED) is 0.446. The Morgan fingerprint density at radius 2 is 1.90 bits per heavy atom. The monoisotopic (exact) mass is 428 g/mol. The van der Waals surface area contributed by atoms with Gasteiger partial charge in [0.05, 0.1) is 11.4 Å². The van der Waals surface area contributed by atoms with Crippen LogP contribution in [0, 0.1) is 12.8 Å². The number of aryl methyl sites for hydroxylation is 1. The number of nitrogens with one attached hydrogen (secondary N) is 1. The molecular formula is C25H24N4OS. The van der Waals surface area contributed by atoms with Crippen molar-refractivity contribution in [2.45, 2.75) is 26.8 Å². The maximum absolute atomic E-state index is 12.4. The van der Waals surface area contributed by atoms with Crippen molar-refractivity contribution in [3.8, 4) is 22.5 Å². The van der Waals surface area contributed by atoms with Crippen molar-refractivity contribution in [1.82, 2.24) is 20.3 Å². The van der Waals surface area contributed by atoms with E-state index in [1.54, 1.807) is 17.5 Å². The Hall–Kier alpha value is -3.38. The van der Waals surface area contributed by atoms with Crippen LogP contribution in [0.5, 0.6) is 0 Å². The fraction of sp³-hybridized carbons (Fsp3) is 0.200. The summed E-state index contributed by atoms with van der Waals surface area (Å²) >= 11 is 1.69. The van der Waals surface area contributed by atoms with Gasteiger partial charge in [-0.1, -0.05) is 43.3 Å². The summed E-state index contributed by atoms with van der Waals surface area (Å²) in [5.74, 6) is 0.731. The van der Waals surface area contributed by atoms with Gasteiger partial charge in [-0.25, -0.2) is 9.97 Å². The van der Waals surface area contributed by atoms with E-state index in [0.717, 1.165) is 34.5 Å². The third-order valence-electron chi connectivity index (χ3n) is 5.08. The molecule has 0 aliphatic rings. The van der Waals surface area contributed by atoms with E-state index in [-0.39, 0.29) is 11.8 Å². The number of thiophene rings is 1. The molecule has 156 valence electrons. The van der Waals surface area contributed by atoms with Crippen LogP contribution in [-0.2, 0) is 17.8 Å². The first kappa shape index (κ1) is 20.9. The molecule has 0 fully saturated rings. The summed E-state index contributed by atoms with van der Waals surface area (Å²) in [4.78, 5) is 27.1. The highest BCUT2D eigenvalue weighted by Gasteiger charge is 2.14. The Kier molecular flexibility index (Phi) is 6.48. The predicted molar refractivity (Wildman–Crippen MR) is 124 cm³/mol. The van der Waals surface area contributed by atoms with Gasteiger partial charge in [-0.2, -0.15) is 0 Å². The zero-order valence-electron chi connectivity index (χ0n) is 17.6. The van der Waals surface area contributed by atoms with Crippen LogP contribution in [0.15, 0.2) is 72.4 Å². The molecule has 4 rings (SSSR count). The van der Waals surface area contributed by atoms with Crippen LogP contribution in [0.2, 0.25) is 0 Å². The van der Waals surface area contributed by atoms with Crippen molar-refractivity contribution >= 4 is 17.2 Å². The molecule has 0 saturated heterocycles. The van der Waals surface area contributed by atoms with Crippen molar-refractivity contribution in [2.75, 3.05) is 0 Å². The second kappa shape index (κ2) is 9.62. The number of pyridine rings is 1. The van der Waals surface area contributed by atoms with E-state index < -0.39 is 0 Å². The van der Waals surface area contributed by atoms with Crippen LogP contribution in [-0.4, -0.2) is 20.9 Å². The fourth-order valence-corrected chi connectivity index (χ4v) is 4.20. The van der Waals surface area contributed by atoms with Gasteiger partial charge in [0.1, 0.15) is 5.82 Å². The highest BCUT2D eigenvalue weighted by atomic mass is 32.1. The number of hydrogen-bond acceptors (Lipinski definition) is 5. The maximum Gasteiger partial charge on any atom is 0.223 e. The van der Waals surface area contributed by atoms with Gasteiger partial charge in [-0.15, -0.1) is 11.3 Å². The molecule has 0 bridgehead atoms. The van der Waals surface area contributed by atoms with Crippen molar-refractivity contribution in [3.05, 3.63) is 88.6 Å². The van der Waals surface area contributed by atoms with Crippen LogP contribution >= 0.6 is 11.3 Å². The Balaban J connectivity index is 1.45. The van der Waals surface area contributed by atoms with E-state index in [1.165, 1.54) is 4.88 Å². The van der Waals surface area contributed by atoms with Gasteiger partial charge in [-0.3, -0.25) is 9.78 Å². The second-order valence-corrected chi connectivity index (χ2v) is 8.53. The van der Waals surface area contributed by atoms with E-state index in [1.807, 2.05) is 74.0 Å². The molecule has 0 aliphatic heterocycles. The van der Waals surface area contributed by atoms with Crippen molar-refractivity contribution in [2.24, 2.45) is 5.92 Å². The molecule has 0 radical (unpaired) electrons. The number of carbonyl (C=O) groups excluding carboxylic acids is 1. The number of benzene rings is 1. The minimum atomic E-state index is -0.0529. The highest BCUT2D eigenvalue weighted by molar-refractivity contribution is 7.09. The molecule has 1 N–H and O–H groups in total. The van der Waals surface area contributed by atoms with Crippen molar-refractivity contribution < 1.29 is 4.79 Å². The maximum atomic E-state index is 12.4. The first-order valence-corrected chi connectivity index (χ1v) is 11.1. The lowest BCUT2D eigenvalue weighted by Gasteiger charge is -2.12.